The molecule has 2 aliphatic rings. The zero-order valence-corrected chi connectivity index (χ0v) is 13.1. The molecular formula is C16H24N4O2. The van der Waals surface area contributed by atoms with E-state index < -0.39 is 0 Å². The summed E-state index contributed by atoms with van der Waals surface area (Å²) >= 11 is 0. The number of piperidine rings is 1. The first-order chi connectivity index (χ1) is 10.7. The summed E-state index contributed by atoms with van der Waals surface area (Å²) in [6, 6.07) is 3.98. The van der Waals surface area contributed by atoms with E-state index in [0.717, 1.165) is 56.9 Å². The van der Waals surface area contributed by atoms with Crippen molar-refractivity contribution in [2.45, 2.75) is 38.7 Å². The molecular weight excluding hydrogens is 280 g/mol. The van der Waals surface area contributed by atoms with Gasteiger partial charge in [0, 0.05) is 32.2 Å². The third-order valence-corrected chi connectivity index (χ3v) is 4.50. The maximum atomic E-state index is 12.2. The molecule has 6 heteroatoms. The molecule has 0 aromatic carbocycles. The third-order valence-electron chi connectivity index (χ3n) is 4.50. The molecule has 22 heavy (non-hydrogen) atoms. The predicted molar refractivity (Wildman–Crippen MR) is 83.7 cm³/mol. The highest BCUT2D eigenvalue weighted by Crippen LogP contribution is 2.21. The highest BCUT2D eigenvalue weighted by atomic mass is 16.5. The summed E-state index contributed by atoms with van der Waals surface area (Å²) in [6.07, 6.45) is 4.12. The van der Waals surface area contributed by atoms with Gasteiger partial charge in [-0.05, 0) is 44.7 Å². The molecule has 1 aromatic heterocycles. The van der Waals surface area contributed by atoms with Crippen LogP contribution in [0.5, 0.6) is 0 Å². The minimum atomic E-state index is 0.107. The number of aromatic nitrogens is 2. The number of rotatable bonds is 4. The number of amides is 1. The summed E-state index contributed by atoms with van der Waals surface area (Å²) in [5.74, 6) is 1.19. The molecule has 1 aromatic rings. The van der Waals surface area contributed by atoms with Gasteiger partial charge in [0.25, 0.3) is 0 Å². The molecule has 0 radical (unpaired) electrons. The minimum absolute atomic E-state index is 0.107. The molecule has 2 fully saturated rings. The number of hydrogen-bond acceptors (Lipinski definition) is 5. The second kappa shape index (κ2) is 7.05. The number of nitrogens with zero attached hydrogens (tertiary/aromatic N) is 3. The van der Waals surface area contributed by atoms with Gasteiger partial charge in [0.2, 0.25) is 5.91 Å². The molecule has 0 aliphatic carbocycles. The van der Waals surface area contributed by atoms with E-state index in [1.54, 1.807) is 0 Å². The van der Waals surface area contributed by atoms with E-state index in [4.69, 9.17) is 4.74 Å². The standard InChI is InChI=1S/C16H24N4O2/c1-12-4-5-15(19-18-12)20-8-6-13(7-9-20)16(21)17-11-14-3-2-10-22-14/h4-5,13-14H,2-3,6-11H2,1H3,(H,17,21). The van der Waals surface area contributed by atoms with E-state index in [2.05, 4.69) is 20.4 Å². The molecule has 1 amide bonds. The Morgan fingerprint density at radius 2 is 2.14 bits per heavy atom. The van der Waals surface area contributed by atoms with Crippen molar-refractivity contribution >= 4 is 11.7 Å². The van der Waals surface area contributed by atoms with Crippen LogP contribution >= 0.6 is 0 Å². The molecule has 1 unspecified atom stereocenters. The van der Waals surface area contributed by atoms with Crippen LogP contribution in [0.1, 0.15) is 31.4 Å². The van der Waals surface area contributed by atoms with Crippen LogP contribution < -0.4 is 10.2 Å². The van der Waals surface area contributed by atoms with Crippen molar-refractivity contribution in [2.24, 2.45) is 5.92 Å². The maximum Gasteiger partial charge on any atom is 0.223 e. The fourth-order valence-corrected chi connectivity index (χ4v) is 3.10. The van der Waals surface area contributed by atoms with E-state index >= 15 is 0 Å². The molecule has 1 N–H and O–H groups in total. The normalized spacial score (nSPS) is 22.8. The highest BCUT2D eigenvalue weighted by molar-refractivity contribution is 5.79. The number of anilines is 1. The van der Waals surface area contributed by atoms with Gasteiger partial charge in [-0.25, -0.2) is 0 Å². The molecule has 0 saturated carbocycles. The van der Waals surface area contributed by atoms with Crippen LogP contribution in [0, 0.1) is 12.8 Å². The monoisotopic (exact) mass is 304 g/mol. The second-order valence-corrected chi connectivity index (χ2v) is 6.17. The smallest absolute Gasteiger partial charge is 0.223 e. The van der Waals surface area contributed by atoms with Crippen LogP contribution in [0.2, 0.25) is 0 Å². The first-order valence-corrected chi connectivity index (χ1v) is 8.17. The van der Waals surface area contributed by atoms with E-state index in [0.29, 0.717) is 6.54 Å². The van der Waals surface area contributed by atoms with E-state index in [1.165, 1.54) is 0 Å². The van der Waals surface area contributed by atoms with E-state index in [-0.39, 0.29) is 17.9 Å². The topological polar surface area (TPSA) is 67.4 Å². The van der Waals surface area contributed by atoms with Gasteiger partial charge in [-0.1, -0.05) is 0 Å². The number of aryl methyl sites for hydroxylation is 1. The van der Waals surface area contributed by atoms with Crippen molar-refractivity contribution in [1.82, 2.24) is 15.5 Å². The Balaban J connectivity index is 1.44. The molecule has 3 rings (SSSR count). The van der Waals surface area contributed by atoms with Gasteiger partial charge in [-0.3, -0.25) is 4.79 Å². The maximum absolute atomic E-state index is 12.2. The summed E-state index contributed by atoms with van der Waals surface area (Å²) in [5, 5.41) is 11.4. The third kappa shape index (κ3) is 3.74. The molecule has 2 aliphatic heterocycles. The van der Waals surface area contributed by atoms with Crippen molar-refractivity contribution in [3.8, 4) is 0 Å². The van der Waals surface area contributed by atoms with Crippen LogP contribution in [0.4, 0.5) is 5.82 Å². The number of carbonyl (C=O) groups is 1. The lowest BCUT2D eigenvalue weighted by Gasteiger charge is -2.32. The Labute approximate surface area is 131 Å². The number of ether oxygens (including phenoxy) is 1. The molecule has 1 atom stereocenters. The van der Waals surface area contributed by atoms with Crippen LogP contribution in [0.15, 0.2) is 12.1 Å². The molecule has 0 spiro atoms. The Morgan fingerprint density at radius 3 is 2.77 bits per heavy atom. The summed E-state index contributed by atoms with van der Waals surface area (Å²) in [4.78, 5) is 14.4. The minimum Gasteiger partial charge on any atom is -0.376 e. The van der Waals surface area contributed by atoms with Crippen LogP contribution in [0.25, 0.3) is 0 Å². The van der Waals surface area contributed by atoms with Crippen molar-refractivity contribution in [2.75, 3.05) is 31.1 Å². The summed E-state index contributed by atoms with van der Waals surface area (Å²) in [5.41, 5.74) is 0.923. The van der Waals surface area contributed by atoms with Crippen LogP contribution in [-0.4, -0.2) is 48.4 Å². The lowest BCUT2D eigenvalue weighted by molar-refractivity contribution is -0.126. The SMILES string of the molecule is Cc1ccc(N2CCC(C(=O)NCC3CCCO3)CC2)nn1. The highest BCUT2D eigenvalue weighted by Gasteiger charge is 2.26. The van der Waals surface area contributed by atoms with Crippen molar-refractivity contribution in [3.63, 3.8) is 0 Å². The van der Waals surface area contributed by atoms with Gasteiger partial charge >= 0.3 is 0 Å². The number of hydrogen-bond donors (Lipinski definition) is 1. The zero-order chi connectivity index (χ0) is 15.4. The van der Waals surface area contributed by atoms with Crippen LogP contribution in [-0.2, 0) is 9.53 Å². The fourth-order valence-electron chi connectivity index (χ4n) is 3.10. The Morgan fingerprint density at radius 1 is 1.32 bits per heavy atom. The Kier molecular flexibility index (Phi) is 4.87. The fraction of sp³-hybridized carbons (Fsp3) is 0.688. The van der Waals surface area contributed by atoms with Crippen molar-refractivity contribution < 1.29 is 9.53 Å². The van der Waals surface area contributed by atoms with E-state index in [9.17, 15) is 4.79 Å². The molecule has 3 heterocycles. The van der Waals surface area contributed by atoms with Gasteiger partial charge in [-0.2, -0.15) is 5.10 Å². The summed E-state index contributed by atoms with van der Waals surface area (Å²) < 4.78 is 5.54. The Hall–Kier alpha value is -1.69. The molecule has 6 nitrogen and oxygen atoms in total. The van der Waals surface area contributed by atoms with Gasteiger partial charge in [0.15, 0.2) is 5.82 Å². The van der Waals surface area contributed by atoms with Gasteiger partial charge in [0.1, 0.15) is 0 Å². The second-order valence-electron chi connectivity index (χ2n) is 6.17. The molecule has 0 bridgehead atoms. The predicted octanol–water partition coefficient (Wildman–Crippen LogP) is 1.30. The quantitative estimate of drug-likeness (QED) is 0.908. The Bertz CT molecular complexity index is 491. The largest absolute Gasteiger partial charge is 0.376 e. The van der Waals surface area contributed by atoms with Crippen molar-refractivity contribution in [3.05, 3.63) is 17.8 Å². The van der Waals surface area contributed by atoms with Gasteiger partial charge < -0.3 is 15.0 Å². The summed E-state index contributed by atoms with van der Waals surface area (Å²) in [7, 11) is 0. The summed E-state index contributed by atoms with van der Waals surface area (Å²) in [6.45, 7) is 5.13. The van der Waals surface area contributed by atoms with Gasteiger partial charge in [0.05, 0.1) is 11.8 Å². The zero-order valence-electron chi connectivity index (χ0n) is 13.1. The average Bonchev–Trinajstić information content (AvgIpc) is 3.07. The molecule has 2 saturated heterocycles. The average molecular weight is 304 g/mol. The molecule has 120 valence electrons. The number of nitrogens with one attached hydrogen (secondary N) is 1. The van der Waals surface area contributed by atoms with Crippen molar-refractivity contribution in [1.29, 1.82) is 0 Å². The first-order valence-electron chi connectivity index (χ1n) is 8.17. The first kappa shape index (κ1) is 15.2. The lowest BCUT2D eigenvalue weighted by Crippen LogP contribution is -2.42. The lowest BCUT2D eigenvalue weighted by atomic mass is 9.96. The van der Waals surface area contributed by atoms with Crippen LogP contribution in [0.3, 0.4) is 0 Å². The van der Waals surface area contributed by atoms with E-state index in [1.807, 2.05) is 19.1 Å². The number of carbonyl (C=O) groups excluding carboxylic acids is 1. The van der Waals surface area contributed by atoms with Gasteiger partial charge in [-0.15, -0.1) is 5.10 Å².